The van der Waals surface area contributed by atoms with Crippen molar-refractivity contribution in [2.24, 2.45) is 5.92 Å². The highest BCUT2D eigenvalue weighted by molar-refractivity contribution is 9.09. The fourth-order valence-corrected chi connectivity index (χ4v) is 5.10. The Morgan fingerprint density at radius 2 is 2.21 bits per heavy atom. The third-order valence-corrected chi connectivity index (χ3v) is 6.13. The highest BCUT2D eigenvalue weighted by atomic mass is 79.9. The molecule has 1 atom stereocenters. The standard InChI is InChI=1S/C12H19BrN2O3S/c1-9-12(10(2)18-14-9)19(16,17)15-7-3-4-11(8-15)5-6-13/h11H,3-8H2,1-2H3. The summed E-state index contributed by atoms with van der Waals surface area (Å²) in [4.78, 5) is 0.243. The van der Waals surface area contributed by atoms with Gasteiger partial charge in [-0.25, -0.2) is 8.42 Å². The van der Waals surface area contributed by atoms with Gasteiger partial charge in [-0.1, -0.05) is 21.1 Å². The third kappa shape index (κ3) is 3.03. The minimum atomic E-state index is -3.47. The third-order valence-electron chi connectivity index (χ3n) is 3.56. The molecule has 7 heteroatoms. The van der Waals surface area contributed by atoms with E-state index in [0.29, 0.717) is 30.5 Å². The first-order valence-corrected chi connectivity index (χ1v) is 9.02. The molecule has 0 spiro atoms. The molecule has 1 aromatic rings. The number of aryl methyl sites for hydroxylation is 2. The molecular formula is C12H19BrN2O3S. The zero-order valence-corrected chi connectivity index (χ0v) is 13.6. The van der Waals surface area contributed by atoms with Gasteiger partial charge in [0, 0.05) is 18.4 Å². The van der Waals surface area contributed by atoms with Crippen LogP contribution < -0.4 is 0 Å². The summed E-state index contributed by atoms with van der Waals surface area (Å²) in [6, 6.07) is 0. The van der Waals surface area contributed by atoms with Crippen molar-refractivity contribution in [1.29, 1.82) is 0 Å². The molecule has 0 amide bonds. The summed E-state index contributed by atoms with van der Waals surface area (Å²) in [6.45, 7) is 4.50. The highest BCUT2D eigenvalue weighted by Crippen LogP contribution is 2.28. The van der Waals surface area contributed by atoms with Crippen molar-refractivity contribution in [2.45, 2.75) is 38.0 Å². The van der Waals surface area contributed by atoms with Crippen LogP contribution in [0.5, 0.6) is 0 Å². The monoisotopic (exact) mass is 350 g/mol. The lowest BCUT2D eigenvalue weighted by atomic mass is 9.97. The van der Waals surface area contributed by atoms with Crippen LogP contribution >= 0.6 is 15.9 Å². The van der Waals surface area contributed by atoms with Crippen molar-refractivity contribution >= 4 is 26.0 Å². The number of sulfonamides is 1. The predicted molar refractivity (Wildman–Crippen MR) is 75.9 cm³/mol. The van der Waals surface area contributed by atoms with Gasteiger partial charge in [-0.2, -0.15) is 4.31 Å². The molecule has 0 aliphatic carbocycles. The van der Waals surface area contributed by atoms with Crippen LogP contribution in [0, 0.1) is 19.8 Å². The highest BCUT2D eigenvalue weighted by Gasteiger charge is 2.34. The van der Waals surface area contributed by atoms with Gasteiger partial charge in [0.25, 0.3) is 0 Å². The zero-order chi connectivity index (χ0) is 14.0. The Morgan fingerprint density at radius 3 is 2.79 bits per heavy atom. The molecule has 0 N–H and O–H groups in total. The molecule has 1 aliphatic rings. The molecule has 5 nitrogen and oxygen atoms in total. The van der Waals surface area contributed by atoms with Gasteiger partial charge >= 0.3 is 0 Å². The number of alkyl halides is 1. The first kappa shape index (κ1) is 15.0. The topological polar surface area (TPSA) is 63.4 Å². The number of hydrogen-bond donors (Lipinski definition) is 0. The molecule has 0 saturated carbocycles. The summed E-state index contributed by atoms with van der Waals surface area (Å²) < 4.78 is 31.9. The van der Waals surface area contributed by atoms with Crippen molar-refractivity contribution in [3.8, 4) is 0 Å². The summed E-state index contributed by atoms with van der Waals surface area (Å²) in [5.41, 5.74) is 0.445. The van der Waals surface area contributed by atoms with Gasteiger partial charge in [0.2, 0.25) is 10.0 Å². The Bertz CT molecular complexity index is 520. The summed E-state index contributed by atoms with van der Waals surface area (Å²) in [7, 11) is -3.47. The SMILES string of the molecule is Cc1noc(C)c1S(=O)(=O)N1CCCC(CCBr)C1. The average Bonchev–Trinajstić information content (AvgIpc) is 2.70. The van der Waals surface area contributed by atoms with Crippen LogP contribution in [0.4, 0.5) is 0 Å². The molecule has 1 aromatic heterocycles. The molecule has 0 bridgehead atoms. The summed E-state index contributed by atoms with van der Waals surface area (Å²) >= 11 is 3.42. The largest absolute Gasteiger partial charge is 0.360 e. The van der Waals surface area contributed by atoms with E-state index in [0.717, 1.165) is 24.6 Å². The zero-order valence-electron chi connectivity index (χ0n) is 11.2. The quantitative estimate of drug-likeness (QED) is 0.782. The van der Waals surface area contributed by atoms with Crippen LogP contribution in [0.2, 0.25) is 0 Å². The Labute approximate surface area is 122 Å². The number of hydrogen-bond acceptors (Lipinski definition) is 4. The van der Waals surface area contributed by atoms with E-state index in [1.807, 2.05) is 0 Å². The maximum atomic E-state index is 12.7. The van der Waals surface area contributed by atoms with Crippen LogP contribution in [0.15, 0.2) is 9.42 Å². The van der Waals surface area contributed by atoms with Gasteiger partial charge in [0.15, 0.2) is 5.76 Å². The molecule has 2 rings (SSSR count). The first-order chi connectivity index (χ1) is 8.96. The van der Waals surface area contributed by atoms with Crippen molar-refractivity contribution in [1.82, 2.24) is 9.46 Å². The second-order valence-electron chi connectivity index (χ2n) is 5.00. The minimum absolute atomic E-state index is 0.243. The van der Waals surface area contributed by atoms with E-state index in [1.54, 1.807) is 18.2 Å². The Morgan fingerprint density at radius 1 is 1.47 bits per heavy atom. The smallest absolute Gasteiger partial charge is 0.248 e. The lowest BCUT2D eigenvalue weighted by Gasteiger charge is -2.31. The van der Waals surface area contributed by atoms with Gasteiger partial charge in [-0.3, -0.25) is 0 Å². The van der Waals surface area contributed by atoms with Gasteiger partial charge < -0.3 is 4.52 Å². The lowest BCUT2D eigenvalue weighted by molar-refractivity contribution is 0.262. The number of halogens is 1. The molecule has 2 heterocycles. The number of rotatable bonds is 4. The van der Waals surface area contributed by atoms with Crippen molar-refractivity contribution < 1.29 is 12.9 Å². The molecule has 1 saturated heterocycles. The average molecular weight is 351 g/mol. The van der Waals surface area contributed by atoms with Crippen molar-refractivity contribution in [2.75, 3.05) is 18.4 Å². The summed E-state index contributed by atoms with van der Waals surface area (Å²) in [5, 5.41) is 4.66. The molecule has 108 valence electrons. The Kier molecular flexibility index (Phi) is 4.68. The van der Waals surface area contributed by atoms with E-state index >= 15 is 0 Å². The molecule has 1 fully saturated rings. The first-order valence-electron chi connectivity index (χ1n) is 6.45. The fourth-order valence-electron chi connectivity index (χ4n) is 2.61. The summed E-state index contributed by atoms with van der Waals surface area (Å²) in [5.74, 6) is 0.809. The molecule has 1 aliphatic heterocycles. The van der Waals surface area contributed by atoms with Crippen LogP contribution in [0.1, 0.15) is 30.7 Å². The van der Waals surface area contributed by atoms with E-state index in [1.165, 1.54) is 0 Å². The van der Waals surface area contributed by atoms with Gasteiger partial charge in [-0.05, 0) is 39.0 Å². The number of nitrogens with zero attached hydrogens (tertiary/aromatic N) is 2. The predicted octanol–water partition coefficient (Wildman–Crippen LogP) is 2.48. The van der Waals surface area contributed by atoms with Crippen LogP contribution in [-0.4, -0.2) is 36.3 Å². The summed E-state index contributed by atoms with van der Waals surface area (Å²) in [6.07, 6.45) is 3.02. The van der Waals surface area contributed by atoms with Crippen LogP contribution in [0.25, 0.3) is 0 Å². The van der Waals surface area contributed by atoms with Gasteiger partial charge in [0.1, 0.15) is 10.6 Å². The van der Waals surface area contributed by atoms with E-state index in [4.69, 9.17) is 4.52 Å². The Balaban J connectivity index is 2.25. The molecule has 19 heavy (non-hydrogen) atoms. The maximum absolute atomic E-state index is 12.7. The molecule has 1 unspecified atom stereocenters. The lowest BCUT2D eigenvalue weighted by Crippen LogP contribution is -2.40. The molecular weight excluding hydrogens is 332 g/mol. The second kappa shape index (κ2) is 5.93. The van der Waals surface area contributed by atoms with E-state index < -0.39 is 10.0 Å². The minimum Gasteiger partial charge on any atom is -0.360 e. The van der Waals surface area contributed by atoms with E-state index in [2.05, 4.69) is 21.1 Å². The van der Waals surface area contributed by atoms with Gasteiger partial charge in [-0.15, -0.1) is 0 Å². The Hall–Kier alpha value is -0.400. The number of aromatic nitrogens is 1. The second-order valence-corrected chi connectivity index (χ2v) is 7.67. The van der Waals surface area contributed by atoms with Gasteiger partial charge in [0.05, 0.1) is 0 Å². The van der Waals surface area contributed by atoms with Crippen LogP contribution in [-0.2, 0) is 10.0 Å². The maximum Gasteiger partial charge on any atom is 0.248 e. The van der Waals surface area contributed by atoms with Crippen LogP contribution in [0.3, 0.4) is 0 Å². The van der Waals surface area contributed by atoms with Crippen molar-refractivity contribution in [3.05, 3.63) is 11.5 Å². The molecule has 0 radical (unpaired) electrons. The van der Waals surface area contributed by atoms with E-state index in [9.17, 15) is 8.42 Å². The van der Waals surface area contributed by atoms with E-state index in [-0.39, 0.29) is 4.90 Å². The fraction of sp³-hybridized carbons (Fsp3) is 0.750. The number of piperidine rings is 1. The molecule has 0 aromatic carbocycles. The normalized spacial score (nSPS) is 21.7. The van der Waals surface area contributed by atoms with Crippen molar-refractivity contribution in [3.63, 3.8) is 0 Å².